The topological polar surface area (TPSA) is 49.7 Å². The maximum atomic E-state index is 12.8. The third-order valence-electron chi connectivity index (χ3n) is 4.76. The van der Waals surface area contributed by atoms with Crippen molar-refractivity contribution in [3.05, 3.63) is 76.7 Å². The predicted molar refractivity (Wildman–Crippen MR) is 89.4 cm³/mol. The minimum Gasteiger partial charge on any atom is -0.299 e. The Hall–Kier alpha value is -2.49. The van der Waals surface area contributed by atoms with E-state index in [0.717, 1.165) is 11.1 Å². The van der Waals surface area contributed by atoms with Gasteiger partial charge < -0.3 is 0 Å². The molecule has 0 aromatic heterocycles. The lowest BCUT2D eigenvalue weighted by Gasteiger charge is -2.46. The Labute approximate surface area is 136 Å². The summed E-state index contributed by atoms with van der Waals surface area (Å²) in [6, 6.07) is 18.6. The molecule has 0 amide bonds. The standard InChI is InChI=1S/C19H20N2O2/c1-19(2)17(22)13-16(14-9-5-3-6-10-14)21(20-23)18(19)15-11-7-4-8-12-15/h3-12,16,18H,13H2,1-2H3/t16-,18-/m0/s1. The summed E-state index contributed by atoms with van der Waals surface area (Å²) in [6.45, 7) is 3.79. The van der Waals surface area contributed by atoms with E-state index in [-0.39, 0.29) is 17.9 Å². The van der Waals surface area contributed by atoms with Gasteiger partial charge in [0, 0.05) is 11.8 Å². The van der Waals surface area contributed by atoms with Crippen molar-refractivity contribution in [3.8, 4) is 0 Å². The molecule has 0 N–H and O–H groups in total. The fourth-order valence-electron chi connectivity index (χ4n) is 3.45. The van der Waals surface area contributed by atoms with Gasteiger partial charge in [-0.15, -0.1) is 4.91 Å². The molecule has 1 aliphatic rings. The predicted octanol–water partition coefficient (Wildman–Crippen LogP) is 4.45. The third kappa shape index (κ3) is 2.65. The van der Waals surface area contributed by atoms with E-state index in [2.05, 4.69) is 5.29 Å². The van der Waals surface area contributed by atoms with Crippen LogP contribution in [0.3, 0.4) is 0 Å². The Morgan fingerprint density at radius 3 is 2.00 bits per heavy atom. The second kappa shape index (κ2) is 5.95. The van der Waals surface area contributed by atoms with Gasteiger partial charge in [0.1, 0.15) is 5.78 Å². The van der Waals surface area contributed by atoms with Gasteiger partial charge in [0.15, 0.2) is 0 Å². The van der Waals surface area contributed by atoms with Crippen LogP contribution in [0.4, 0.5) is 0 Å². The molecule has 3 rings (SSSR count). The molecule has 0 saturated carbocycles. The van der Waals surface area contributed by atoms with Crippen molar-refractivity contribution in [2.24, 2.45) is 10.7 Å². The fraction of sp³-hybridized carbons (Fsp3) is 0.316. The Kier molecular flexibility index (Phi) is 3.99. The molecule has 1 heterocycles. The number of benzene rings is 2. The third-order valence-corrected chi connectivity index (χ3v) is 4.76. The molecule has 0 spiro atoms. The van der Waals surface area contributed by atoms with Gasteiger partial charge in [0.25, 0.3) is 0 Å². The molecule has 0 bridgehead atoms. The van der Waals surface area contributed by atoms with Gasteiger partial charge >= 0.3 is 0 Å². The van der Waals surface area contributed by atoms with E-state index in [0.29, 0.717) is 6.42 Å². The minimum absolute atomic E-state index is 0.153. The fourth-order valence-corrected chi connectivity index (χ4v) is 3.45. The van der Waals surface area contributed by atoms with Gasteiger partial charge in [-0.2, -0.15) is 0 Å². The molecular weight excluding hydrogens is 288 g/mol. The summed E-state index contributed by atoms with van der Waals surface area (Å²) in [4.78, 5) is 24.5. The number of nitroso groups, excluding NO2 is 1. The minimum atomic E-state index is -0.666. The number of ketones is 1. The van der Waals surface area contributed by atoms with Crippen LogP contribution in [0.1, 0.15) is 43.5 Å². The summed E-state index contributed by atoms with van der Waals surface area (Å²) in [6.07, 6.45) is 0.298. The van der Waals surface area contributed by atoms with Crippen molar-refractivity contribution in [1.82, 2.24) is 5.01 Å². The Morgan fingerprint density at radius 2 is 1.48 bits per heavy atom. The molecule has 1 saturated heterocycles. The molecular formula is C19H20N2O2. The van der Waals surface area contributed by atoms with Gasteiger partial charge in [-0.05, 0) is 11.1 Å². The van der Waals surface area contributed by atoms with Crippen molar-refractivity contribution >= 4 is 5.78 Å². The van der Waals surface area contributed by atoms with E-state index in [1.54, 1.807) is 5.01 Å². The van der Waals surface area contributed by atoms with Crippen LogP contribution in [0.15, 0.2) is 65.9 Å². The first-order valence-electron chi connectivity index (χ1n) is 7.80. The van der Waals surface area contributed by atoms with Gasteiger partial charge in [0.05, 0.1) is 17.4 Å². The summed E-state index contributed by atoms with van der Waals surface area (Å²) in [5.74, 6) is 0.153. The van der Waals surface area contributed by atoms with Crippen molar-refractivity contribution in [3.63, 3.8) is 0 Å². The van der Waals surface area contributed by atoms with Gasteiger partial charge in [0.2, 0.25) is 0 Å². The van der Waals surface area contributed by atoms with Crippen LogP contribution in [-0.4, -0.2) is 10.8 Å². The Bertz CT molecular complexity index is 698. The number of nitrogens with zero attached hydrogens (tertiary/aromatic N) is 2. The highest BCUT2D eigenvalue weighted by Crippen LogP contribution is 2.49. The highest BCUT2D eigenvalue weighted by molar-refractivity contribution is 5.86. The number of rotatable bonds is 3. The summed E-state index contributed by atoms with van der Waals surface area (Å²) in [7, 11) is 0. The molecule has 1 aliphatic heterocycles. The average molecular weight is 308 g/mol. The quantitative estimate of drug-likeness (QED) is 0.787. The highest BCUT2D eigenvalue weighted by atomic mass is 16.3. The molecule has 1 fully saturated rings. The maximum absolute atomic E-state index is 12.8. The van der Waals surface area contributed by atoms with E-state index in [1.165, 1.54) is 0 Å². The van der Waals surface area contributed by atoms with E-state index in [1.807, 2.05) is 74.5 Å². The summed E-state index contributed by atoms with van der Waals surface area (Å²) >= 11 is 0. The van der Waals surface area contributed by atoms with Gasteiger partial charge in [-0.25, -0.2) is 5.01 Å². The summed E-state index contributed by atoms with van der Waals surface area (Å²) in [5, 5.41) is 4.89. The summed E-state index contributed by atoms with van der Waals surface area (Å²) in [5.41, 5.74) is 1.21. The largest absolute Gasteiger partial charge is 0.299 e. The zero-order valence-electron chi connectivity index (χ0n) is 13.3. The van der Waals surface area contributed by atoms with E-state index in [9.17, 15) is 9.70 Å². The highest BCUT2D eigenvalue weighted by Gasteiger charge is 2.49. The van der Waals surface area contributed by atoms with Crippen LogP contribution in [-0.2, 0) is 4.79 Å². The lowest BCUT2D eigenvalue weighted by atomic mass is 9.70. The van der Waals surface area contributed by atoms with Gasteiger partial charge in [-0.3, -0.25) is 4.79 Å². The number of hydrogen-bond acceptors (Lipinski definition) is 3. The van der Waals surface area contributed by atoms with Crippen LogP contribution < -0.4 is 0 Å². The number of hydrogen-bond donors (Lipinski definition) is 0. The Morgan fingerprint density at radius 1 is 0.957 bits per heavy atom. The molecule has 4 nitrogen and oxygen atoms in total. The smallest absolute Gasteiger partial charge is 0.143 e. The number of carbonyl (C=O) groups is 1. The molecule has 2 atom stereocenters. The van der Waals surface area contributed by atoms with Crippen molar-refractivity contribution in [1.29, 1.82) is 0 Å². The van der Waals surface area contributed by atoms with Gasteiger partial charge in [-0.1, -0.05) is 74.5 Å². The normalized spacial score (nSPS) is 23.6. The number of piperidine rings is 1. The van der Waals surface area contributed by atoms with Crippen molar-refractivity contribution < 1.29 is 4.79 Å². The van der Waals surface area contributed by atoms with Crippen LogP contribution in [0, 0.1) is 10.3 Å². The lowest BCUT2D eigenvalue weighted by molar-refractivity contribution is -0.140. The van der Waals surface area contributed by atoms with Crippen LogP contribution in [0.2, 0.25) is 0 Å². The van der Waals surface area contributed by atoms with E-state index in [4.69, 9.17) is 0 Å². The first-order chi connectivity index (χ1) is 11.1. The molecule has 23 heavy (non-hydrogen) atoms. The molecule has 2 aromatic rings. The maximum Gasteiger partial charge on any atom is 0.143 e. The van der Waals surface area contributed by atoms with Crippen LogP contribution in [0.25, 0.3) is 0 Å². The monoisotopic (exact) mass is 308 g/mol. The van der Waals surface area contributed by atoms with E-state index < -0.39 is 5.41 Å². The molecule has 0 unspecified atom stereocenters. The molecule has 4 heteroatoms. The van der Waals surface area contributed by atoms with Crippen LogP contribution in [0.5, 0.6) is 0 Å². The molecule has 2 aromatic carbocycles. The van der Waals surface area contributed by atoms with E-state index >= 15 is 0 Å². The zero-order valence-corrected chi connectivity index (χ0v) is 13.3. The molecule has 118 valence electrons. The number of carbonyl (C=O) groups excluding carboxylic acids is 1. The van der Waals surface area contributed by atoms with Crippen LogP contribution >= 0.6 is 0 Å². The number of Topliss-reactive ketones (excluding diaryl/α,β-unsaturated/α-hetero) is 1. The molecule has 0 radical (unpaired) electrons. The van der Waals surface area contributed by atoms with Crippen molar-refractivity contribution in [2.45, 2.75) is 32.4 Å². The Balaban J connectivity index is 2.10. The SMILES string of the molecule is CC1(C)C(=O)C[C@@H](c2ccccc2)N(N=O)[C@H]1c1ccccc1. The second-order valence-electron chi connectivity index (χ2n) is 6.55. The van der Waals surface area contributed by atoms with Crippen molar-refractivity contribution in [2.75, 3.05) is 0 Å². The first kappa shape index (κ1) is 15.4. The lowest BCUT2D eigenvalue weighted by Crippen LogP contribution is -2.48. The zero-order chi connectivity index (χ0) is 16.4. The summed E-state index contributed by atoms with van der Waals surface area (Å²) < 4.78 is 0. The first-order valence-corrected chi connectivity index (χ1v) is 7.80. The molecule has 0 aliphatic carbocycles. The average Bonchev–Trinajstić information content (AvgIpc) is 2.58. The second-order valence-corrected chi connectivity index (χ2v) is 6.55.